The molecule has 21 heavy (non-hydrogen) atoms. The molecule has 5 nitrogen and oxygen atoms in total. The van der Waals surface area contributed by atoms with Gasteiger partial charge in [0.1, 0.15) is 0 Å². The molecule has 2 atom stereocenters. The molecule has 0 saturated carbocycles. The van der Waals surface area contributed by atoms with Crippen LogP contribution in [0, 0.1) is 0 Å². The third-order valence-corrected chi connectivity index (χ3v) is 3.76. The molecular weight excluding hydrogens is 266 g/mol. The molecule has 2 amide bonds. The highest BCUT2D eigenvalue weighted by Crippen LogP contribution is 2.12. The van der Waals surface area contributed by atoms with Gasteiger partial charge in [-0.3, -0.25) is 9.59 Å². The number of rotatable bonds is 4. The highest BCUT2D eigenvalue weighted by molar-refractivity contribution is 5.82. The molecule has 3 N–H and O–H groups in total. The van der Waals surface area contributed by atoms with Crippen LogP contribution in [0.3, 0.4) is 0 Å². The first-order chi connectivity index (χ1) is 10.1. The summed E-state index contributed by atoms with van der Waals surface area (Å²) >= 11 is 0. The molecule has 0 bridgehead atoms. The molecule has 1 aromatic rings. The van der Waals surface area contributed by atoms with Crippen molar-refractivity contribution in [3.8, 4) is 0 Å². The van der Waals surface area contributed by atoms with E-state index < -0.39 is 6.04 Å². The van der Waals surface area contributed by atoms with E-state index in [9.17, 15) is 9.59 Å². The van der Waals surface area contributed by atoms with E-state index in [1.54, 1.807) is 4.90 Å². The van der Waals surface area contributed by atoms with E-state index >= 15 is 0 Å². The van der Waals surface area contributed by atoms with Gasteiger partial charge in [0.15, 0.2) is 0 Å². The van der Waals surface area contributed by atoms with Crippen molar-refractivity contribution >= 4 is 11.8 Å². The van der Waals surface area contributed by atoms with Crippen LogP contribution >= 0.6 is 0 Å². The zero-order valence-corrected chi connectivity index (χ0v) is 12.4. The first-order valence-corrected chi connectivity index (χ1v) is 7.41. The number of amides is 2. The van der Waals surface area contributed by atoms with Gasteiger partial charge in [0.25, 0.3) is 0 Å². The van der Waals surface area contributed by atoms with E-state index in [0.717, 1.165) is 24.9 Å². The Kier molecular flexibility index (Phi) is 5.33. The van der Waals surface area contributed by atoms with Crippen molar-refractivity contribution in [2.45, 2.75) is 38.3 Å². The molecule has 0 unspecified atom stereocenters. The van der Waals surface area contributed by atoms with Crippen LogP contribution in [0.4, 0.5) is 0 Å². The van der Waals surface area contributed by atoms with Crippen molar-refractivity contribution in [2.24, 2.45) is 5.73 Å². The second-order valence-electron chi connectivity index (χ2n) is 5.62. The van der Waals surface area contributed by atoms with Crippen LogP contribution in [-0.4, -0.2) is 41.9 Å². The highest BCUT2D eigenvalue weighted by atomic mass is 16.2. The van der Waals surface area contributed by atoms with Crippen LogP contribution in [0.25, 0.3) is 0 Å². The zero-order valence-electron chi connectivity index (χ0n) is 12.4. The lowest BCUT2D eigenvalue weighted by molar-refractivity contribution is -0.134. The SMILES string of the molecule is CC(=O)N[C@H]1CCCN(C(=O)[C@@H](N)Cc2ccccc2)C1. The standard InChI is InChI=1S/C16H23N3O2/c1-12(20)18-14-8-5-9-19(11-14)16(21)15(17)10-13-6-3-2-4-7-13/h2-4,6-7,14-15H,5,8-11,17H2,1H3,(H,18,20)/t14-,15-/m0/s1. The number of benzene rings is 1. The molecule has 1 fully saturated rings. The minimum absolute atomic E-state index is 0.0334. The fourth-order valence-corrected chi connectivity index (χ4v) is 2.77. The Morgan fingerprint density at radius 1 is 1.38 bits per heavy atom. The van der Waals surface area contributed by atoms with Crippen molar-refractivity contribution in [3.63, 3.8) is 0 Å². The fourth-order valence-electron chi connectivity index (χ4n) is 2.77. The number of likely N-dealkylation sites (tertiary alicyclic amines) is 1. The number of nitrogens with one attached hydrogen (secondary N) is 1. The highest BCUT2D eigenvalue weighted by Gasteiger charge is 2.27. The van der Waals surface area contributed by atoms with Gasteiger partial charge in [-0.15, -0.1) is 0 Å². The molecule has 1 saturated heterocycles. The number of hydrogen-bond acceptors (Lipinski definition) is 3. The number of nitrogens with zero attached hydrogens (tertiary/aromatic N) is 1. The quantitative estimate of drug-likeness (QED) is 0.856. The summed E-state index contributed by atoms with van der Waals surface area (Å²) in [5.74, 6) is -0.0863. The third kappa shape index (κ3) is 4.56. The molecule has 2 rings (SSSR count). The van der Waals surface area contributed by atoms with Gasteiger partial charge in [-0.1, -0.05) is 30.3 Å². The van der Waals surface area contributed by atoms with Crippen molar-refractivity contribution in [3.05, 3.63) is 35.9 Å². The Morgan fingerprint density at radius 3 is 2.76 bits per heavy atom. The molecule has 1 aliphatic heterocycles. The van der Waals surface area contributed by atoms with E-state index in [4.69, 9.17) is 5.73 Å². The van der Waals surface area contributed by atoms with Crippen molar-refractivity contribution < 1.29 is 9.59 Å². The largest absolute Gasteiger partial charge is 0.352 e. The van der Waals surface area contributed by atoms with Gasteiger partial charge >= 0.3 is 0 Å². The Bertz CT molecular complexity index is 490. The van der Waals surface area contributed by atoms with Gasteiger partial charge in [0.2, 0.25) is 11.8 Å². The number of hydrogen-bond donors (Lipinski definition) is 2. The van der Waals surface area contributed by atoms with Gasteiger partial charge < -0.3 is 16.0 Å². The summed E-state index contributed by atoms with van der Waals surface area (Å²) in [6, 6.07) is 9.31. The Hall–Kier alpha value is -1.88. The first-order valence-electron chi connectivity index (χ1n) is 7.41. The van der Waals surface area contributed by atoms with Gasteiger partial charge in [0, 0.05) is 26.1 Å². The molecular formula is C16H23N3O2. The lowest BCUT2D eigenvalue weighted by Crippen LogP contribution is -2.53. The zero-order chi connectivity index (χ0) is 15.2. The van der Waals surface area contributed by atoms with E-state index in [1.165, 1.54) is 6.92 Å². The molecule has 0 aliphatic carbocycles. The molecule has 0 radical (unpaired) electrons. The van der Waals surface area contributed by atoms with E-state index in [0.29, 0.717) is 13.0 Å². The van der Waals surface area contributed by atoms with Crippen LogP contribution in [0.15, 0.2) is 30.3 Å². The summed E-state index contributed by atoms with van der Waals surface area (Å²) in [5.41, 5.74) is 7.11. The third-order valence-electron chi connectivity index (χ3n) is 3.76. The predicted molar refractivity (Wildman–Crippen MR) is 81.5 cm³/mol. The molecule has 0 aromatic heterocycles. The minimum atomic E-state index is -0.525. The predicted octanol–water partition coefficient (Wildman–Crippen LogP) is 0.684. The summed E-state index contributed by atoms with van der Waals surface area (Å²) in [6.45, 7) is 2.78. The average molecular weight is 289 g/mol. The molecule has 5 heteroatoms. The normalized spacial score (nSPS) is 19.9. The van der Waals surface area contributed by atoms with E-state index in [1.807, 2.05) is 30.3 Å². The summed E-state index contributed by atoms with van der Waals surface area (Å²) in [6.07, 6.45) is 2.35. The topological polar surface area (TPSA) is 75.4 Å². The lowest BCUT2D eigenvalue weighted by Gasteiger charge is -2.34. The van der Waals surface area contributed by atoms with Crippen LogP contribution in [-0.2, 0) is 16.0 Å². The number of piperidine rings is 1. The number of carbonyl (C=O) groups is 2. The van der Waals surface area contributed by atoms with Crippen LogP contribution in [0.2, 0.25) is 0 Å². The molecule has 1 aliphatic rings. The average Bonchev–Trinajstić information content (AvgIpc) is 2.47. The number of carbonyl (C=O) groups excluding carboxylic acids is 2. The monoisotopic (exact) mass is 289 g/mol. The fraction of sp³-hybridized carbons (Fsp3) is 0.500. The first kappa shape index (κ1) is 15.5. The summed E-state index contributed by atoms with van der Waals surface area (Å²) in [4.78, 5) is 25.3. The second-order valence-corrected chi connectivity index (χ2v) is 5.62. The summed E-state index contributed by atoms with van der Waals surface area (Å²) in [7, 11) is 0. The second kappa shape index (κ2) is 7.22. The summed E-state index contributed by atoms with van der Waals surface area (Å²) in [5, 5.41) is 2.88. The van der Waals surface area contributed by atoms with Crippen LogP contribution in [0.1, 0.15) is 25.3 Å². The maximum Gasteiger partial charge on any atom is 0.239 e. The van der Waals surface area contributed by atoms with Gasteiger partial charge in [-0.05, 0) is 24.8 Å². The van der Waals surface area contributed by atoms with Crippen molar-refractivity contribution in [1.29, 1.82) is 0 Å². The van der Waals surface area contributed by atoms with Gasteiger partial charge in [-0.2, -0.15) is 0 Å². The Labute approximate surface area is 125 Å². The number of nitrogens with two attached hydrogens (primary N) is 1. The molecule has 114 valence electrons. The van der Waals surface area contributed by atoms with Crippen LogP contribution < -0.4 is 11.1 Å². The van der Waals surface area contributed by atoms with Gasteiger partial charge in [0.05, 0.1) is 6.04 Å². The molecule has 1 heterocycles. The van der Waals surface area contributed by atoms with Crippen molar-refractivity contribution in [2.75, 3.05) is 13.1 Å². The Morgan fingerprint density at radius 2 is 2.10 bits per heavy atom. The van der Waals surface area contributed by atoms with Crippen LogP contribution in [0.5, 0.6) is 0 Å². The smallest absolute Gasteiger partial charge is 0.239 e. The Balaban J connectivity index is 1.91. The van der Waals surface area contributed by atoms with E-state index in [2.05, 4.69) is 5.32 Å². The van der Waals surface area contributed by atoms with Crippen molar-refractivity contribution in [1.82, 2.24) is 10.2 Å². The maximum absolute atomic E-state index is 12.4. The maximum atomic E-state index is 12.4. The molecule has 1 aromatic carbocycles. The lowest BCUT2D eigenvalue weighted by atomic mass is 10.0. The van der Waals surface area contributed by atoms with Gasteiger partial charge in [-0.25, -0.2) is 0 Å². The van der Waals surface area contributed by atoms with E-state index in [-0.39, 0.29) is 17.9 Å². The minimum Gasteiger partial charge on any atom is -0.352 e. The molecule has 0 spiro atoms. The summed E-state index contributed by atoms with van der Waals surface area (Å²) < 4.78 is 0.